The van der Waals surface area contributed by atoms with E-state index in [2.05, 4.69) is 10.0 Å². The summed E-state index contributed by atoms with van der Waals surface area (Å²) in [5.41, 5.74) is 0.973. The Balaban J connectivity index is 2.99. The van der Waals surface area contributed by atoms with Crippen molar-refractivity contribution in [1.29, 1.82) is 0 Å². The largest absolute Gasteiger partial charge is 0.495 e. The van der Waals surface area contributed by atoms with Crippen molar-refractivity contribution in [2.24, 2.45) is 0 Å². The molecule has 1 rings (SSSR count). The summed E-state index contributed by atoms with van der Waals surface area (Å²) in [5.74, 6) is 0.363. The zero-order valence-electron chi connectivity index (χ0n) is 12.3. The van der Waals surface area contributed by atoms with Crippen LogP contribution in [-0.2, 0) is 16.6 Å². The molecule has 0 amide bonds. The Morgan fingerprint density at radius 1 is 1.40 bits per heavy atom. The number of hydrogen-bond acceptors (Lipinski definition) is 5. The van der Waals surface area contributed by atoms with Crippen molar-refractivity contribution in [1.82, 2.24) is 10.0 Å². The SMILES string of the molecule is CNCc1ccc(S(=O)(=O)NCC(C)SC)c(OC)c1. The molecule has 1 aromatic carbocycles. The van der Waals surface area contributed by atoms with Crippen LogP contribution in [0, 0.1) is 0 Å². The van der Waals surface area contributed by atoms with Gasteiger partial charge in [-0.1, -0.05) is 13.0 Å². The summed E-state index contributed by atoms with van der Waals surface area (Å²) in [6, 6.07) is 5.10. The molecule has 0 aliphatic rings. The number of hydrogen-bond donors (Lipinski definition) is 2. The van der Waals surface area contributed by atoms with Crippen LogP contribution in [0.3, 0.4) is 0 Å². The third kappa shape index (κ3) is 4.66. The maximum atomic E-state index is 12.3. The Labute approximate surface area is 125 Å². The molecule has 1 unspecified atom stereocenters. The number of benzene rings is 1. The zero-order valence-corrected chi connectivity index (χ0v) is 13.9. The molecule has 0 aliphatic heterocycles. The summed E-state index contributed by atoms with van der Waals surface area (Å²) in [4.78, 5) is 0.174. The molecule has 0 spiro atoms. The van der Waals surface area contributed by atoms with Gasteiger partial charge < -0.3 is 10.1 Å². The van der Waals surface area contributed by atoms with Crippen molar-refractivity contribution < 1.29 is 13.2 Å². The first-order valence-electron chi connectivity index (χ1n) is 6.28. The van der Waals surface area contributed by atoms with Crippen molar-refractivity contribution in [3.8, 4) is 5.75 Å². The summed E-state index contributed by atoms with van der Waals surface area (Å²) >= 11 is 1.61. The minimum Gasteiger partial charge on any atom is -0.495 e. The summed E-state index contributed by atoms with van der Waals surface area (Å²) in [7, 11) is -0.239. The minimum absolute atomic E-state index is 0.174. The molecular formula is C13H22N2O3S2. The van der Waals surface area contributed by atoms with E-state index in [4.69, 9.17) is 4.74 Å². The first-order valence-corrected chi connectivity index (χ1v) is 9.05. The number of nitrogens with one attached hydrogen (secondary N) is 2. The molecule has 0 aromatic heterocycles. The lowest BCUT2D eigenvalue weighted by Gasteiger charge is -2.14. The van der Waals surface area contributed by atoms with Crippen molar-refractivity contribution in [3.05, 3.63) is 23.8 Å². The molecule has 0 bridgehead atoms. The topological polar surface area (TPSA) is 67.4 Å². The van der Waals surface area contributed by atoms with Crippen LogP contribution in [0.1, 0.15) is 12.5 Å². The molecule has 0 saturated carbocycles. The van der Waals surface area contributed by atoms with Crippen LogP contribution >= 0.6 is 11.8 Å². The third-order valence-corrected chi connectivity index (χ3v) is 5.30. The quantitative estimate of drug-likeness (QED) is 0.759. The maximum Gasteiger partial charge on any atom is 0.244 e. The Kier molecular flexibility index (Phi) is 6.81. The molecule has 0 aliphatic carbocycles. The highest BCUT2D eigenvalue weighted by Gasteiger charge is 2.20. The molecule has 114 valence electrons. The van der Waals surface area contributed by atoms with Crippen LogP contribution in [-0.4, -0.2) is 40.6 Å². The van der Waals surface area contributed by atoms with E-state index in [9.17, 15) is 8.42 Å². The Morgan fingerprint density at radius 3 is 2.65 bits per heavy atom. The highest BCUT2D eigenvalue weighted by atomic mass is 32.2. The smallest absolute Gasteiger partial charge is 0.244 e. The fourth-order valence-corrected chi connectivity index (χ4v) is 3.27. The lowest BCUT2D eigenvalue weighted by atomic mass is 10.2. The van der Waals surface area contributed by atoms with E-state index in [0.717, 1.165) is 5.56 Å². The summed E-state index contributed by atoms with van der Waals surface area (Å²) < 4.78 is 32.4. The van der Waals surface area contributed by atoms with Gasteiger partial charge in [0.15, 0.2) is 0 Å². The summed E-state index contributed by atoms with van der Waals surface area (Å²) in [6.45, 7) is 3.03. The molecule has 1 aromatic rings. The van der Waals surface area contributed by atoms with Gasteiger partial charge >= 0.3 is 0 Å². The van der Waals surface area contributed by atoms with Gasteiger partial charge in [-0.2, -0.15) is 11.8 Å². The number of thioether (sulfide) groups is 1. The average molecular weight is 318 g/mol. The van der Waals surface area contributed by atoms with E-state index in [1.807, 2.05) is 20.2 Å². The van der Waals surface area contributed by atoms with Gasteiger partial charge in [-0.05, 0) is 31.0 Å². The highest BCUT2D eigenvalue weighted by molar-refractivity contribution is 7.99. The van der Waals surface area contributed by atoms with E-state index in [1.54, 1.807) is 30.0 Å². The monoisotopic (exact) mass is 318 g/mol. The van der Waals surface area contributed by atoms with E-state index in [1.165, 1.54) is 7.11 Å². The summed E-state index contributed by atoms with van der Waals surface area (Å²) in [5, 5.41) is 3.24. The fraction of sp³-hybridized carbons (Fsp3) is 0.538. The van der Waals surface area contributed by atoms with Crippen LogP contribution < -0.4 is 14.8 Å². The summed E-state index contributed by atoms with van der Waals surface area (Å²) in [6.07, 6.45) is 1.95. The molecule has 0 radical (unpaired) electrons. The van der Waals surface area contributed by atoms with Crippen LogP contribution in [0.5, 0.6) is 5.75 Å². The van der Waals surface area contributed by atoms with Crippen molar-refractivity contribution >= 4 is 21.8 Å². The van der Waals surface area contributed by atoms with Crippen molar-refractivity contribution in [2.75, 3.05) is 27.0 Å². The molecule has 7 heteroatoms. The Morgan fingerprint density at radius 2 is 2.10 bits per heavy atom. The number of methoxy groups -OCH3 is 1. The molecule has 2 N–H and O–H groups in total. The van der Waals surface area contributed by atoms with Crippen molar-refractivity contribution in [3.63, 3.8) is 0 Å². The lowest BCUT2D eigenvalue weighted by Crippen LogP contribution is -2.29. The number of sulfonamides is 1. The zero-order chi connectivity index (χ0) is 15.2. The number of ether oxygens (including phenoxy) is 1. The van der Waals surface area contributed by atoms with Crippen LogP contribution in [0.4, 0.5) is 0 Å². The minimum atomic E-state index is -3.55. The van der Waals surface area contributed by atoms with Gasteiger partial charge in [0, 0.05) is 18.3 Å². The van der Waals surface area contributed by atoms with Crippen molar-refractivity contribution in [2.45, 2.75) is 23.6 Å². The Bertz CT molecular complexity index is 532. The predicted molar refractivity (Wildman–Crippen MR) is 83.9 cm³/mol. The molecule has 0 heterocycles. The van der Waals surface area contributed by atoms with Crippen LogP contribution in [0.15, 0.2) is 23.1 Å². The van der Waals surface area contributed by atoms with Crippen LogP contribution in [0.25, 0.3) is 0 Å². The van der Waals surface area contributed by atoms with Gasteiger partial charge in [-0.3, -0.25) is 0 Å². The molecule has 0 saturated heterocycles. The molecule has 20 heavy (non-hydrogen) atoms. The normalized spacial score (nSPS) is 13.2. The Hall–Kier alpha value is -0.760. The van der Waals surface area contributed by atoms with Gasteiger partial charge in [0.2, 0.25) is 10.0 Å². The van der Waals surface area contributed by atoms with E-state index >= 15 is 0 Å². The van der Waals surface area contributed by atoms with Gasteiger partial charge in [0.1, 0.15) is 10.6 Å². The standard InChI is InChI=1S/C13H22N2O3S2/c1-10(19-4)8-15-20(16,17)13-6-5-11(9-14-2)7-12(13)18-3/h5-7,10,14-15H,8-9H2,1-4H3. The van der Waals surface area contributed by atoms with E-state index < -0.39 is 10.0 Å². The van der Waals surface area contributed by atoms with E-state index in [0.29, 0.717) is 18.8 Å². The molecule has 0 fully saturated rings. The third-order valence-electron chi connectivity index (χ3n) is 2.86. The fourth-order valence-electron chi connectivity index (χ4n) is 1.64. The second kappa shape index (κ2) is 7.87. The second-order valence-corrected chi connectivity index (χ2v) is 7.43. The number of rotatable bonds is 8. The van der Waals surface area contributed by atoms with E-state index in [-0.39, 0.29) is 10.1 Å². The predicted octanol–water partition coefficient (Wildman–Crippen LogP) is 1.44. The molecular weight excluding hydrogens is 296 g/mol. The average Bonchev–Trinajstić information content (AvgIpc) is 2.44. The molecule has 1 atom stereocenters. The van der Waals surface area contributed by atoms with Gasteiger partial charge in [-0.15, -0.1) is 0 Å². The first kappa shape index (κ1) is 17.3. The second-order valence-electron chi connectivity index (χ2n) is 4.41. The van der Waals surface area contributed by atoms with Gasteiger partial charge in [0.05, 0.1) is 7.11 Å². The molecule has 5 nitrogen and oxygen atoms in total. The van der Waals surface area contributed by atoms with Crippen LogP contribution in [0.2, 0.25) is 0 Å². The lowest BCUT2D eigenvalue weighted by molar-refractivity contribution is 0.401. The van der Waals surface area contributed by atoms with Gasteiger partial charge in [-0.25, -0.2) is 13.1 Å². The first-order chi connectivity index (χ1) is 9.44. The van der Waals surface area contributed by atoms with Gasteiger partial charge in [0.25, 0.3) is 0 Å². The maximum absolute atomic E-state index is 12.3. The highest BCUT2D eigenvalue weighted by Crippen LogP contribution is 2.25.